The molecule has 2 aromatic rings. The summed E-state index contributed by atoms with van der Waals surface area (Å²) in [6.45, 7) is 4.57. The van der Waals surface area contributed by atoms with Crippen molar-refractivity contribution in [3.63, 3.8) is 0 Å². The highest BCUT2D eigenvalue weighted by molar-refractivity contribution is 5.90. The molecule has 0 unspecified atom stereocenters. The van der Waals surface area contributed by atoms with E-state index in [4.69, 9.17) is 9.47 Å². The normalized spacial score (nSPS) is 11.0. The Labute approximate surface area is 168 Å². The van der Waals surface area contributed by atoms with E-state index in [0.29, 0.717) is 31.1 Å². The van der Waals surface area contributed by atoms with Crippen molar-refractivity contribution >= 4 is 22.7 Å². The molecule has 0 bridgehead atoms. The van der Waals surface area contributed by atoms with Crippen molar-refractivity contribution in [3.8, 4) is 5.75 Å². The van der Waals surface area contributed by atoms with Crippen LogP contribution < -0.4 is 4.74 Å². The van der Waals surface area contributed by atoms with E-state index in [1.54, 1.807) is 0 Å². The standard InChI is InChI=1S/C24H32O4/c1-19(2)18-27-23(25)16-7-5-3-4-6-8-17-24(26)28-22-15-11-13-20-12-9-10-14-21(20)22/h9-15,19H,3-8,16-18H2,1-2H3. The van der Waals surface area contributed by atoms with E-state index in [-0.39, 0.29) is 11.9 Å². The van der Waals surface area contributed by atoms with Crippen LogP contribution in [0.1, 0.15) is 65.2 Å². The summed E-state index contributed by atoms with van der Waals surface area (Å²) in [7, 11) is 0. The summed E-state index contributed by atoms with van der Waals surface area (Å²) < 4.78 is 10.7. The summed E-state index contributed by atoms with van der Waals surface area (Å²) in [6, 6.07) is 13.7. The number of carbonyl (C=O) groups is 2. The molecule has 0 saturated heterocycles. The molecule has 0 N–H and O–H groups in total. The van der Waals surface area contributed by atoms with E-state index in [0.717, 1.165) is 49.3 Å². The van der Waals surface area contributed by atoms with Gasteiger partial charge in [0.1, 0.15) is 5.75 Å². The summed E-state index contributed by atoms with van der Waals surface area (Å²) in [5.74, 6) is 0.748. The van der Waals surface area contributed by atoms with Crippen LogP contribution in [0.25, 0.3) is 10.8 Å². The van der Waals surface area contributed by atoms with Crippen LogP contribution >= 0.6 is 0 Å². The second-order valence-corrected chi connectivity index (χ2v) is 7.65. The zero-order valence-corrected chi connectivity index (χ0v) is 17.1. The molecule has 0 saturated carbocycles. The Kier molecular flexibility index (Phi) is 9.53. The Morgan fingerprint density at radius 1 is 0.786 bits per heavy atom. The maximum absolute atomic E-state index is 12.1. The molecule has 2 aromatic carbocycles. The molecule has 0 aliphatic heterocycles. The molecule has 152 valence electrons. The van der Waals surface area contributed by atoms with Gasteiger partial charge in [0, 0.05) is 18.2 Å². The molecule has 0 aromatic heterocycles. The topological polar surface area (TPSA) is 52.6 Å². The number of carbonyl (C=O) groups excluding carboxylic acids is 2. The van der Waals surface area contributed by atoms with Crippen LogP contribution in [0.2, 0.25) is 0 Å². The summed E-state index contributed by atoms with van der Waals surface area (Å²) in [6.07, 6.45) is 6.83. The van der Waals surface area contributed by atoms with Gasteiger partial charge in [0.2, 0.25) is 0 Å². The highest BCUT2D eigenvalue weighted by Gasteiger charge is 2.08. The first-order valence-corrected chi connectivity index (χ1v) is 10.4. The van der Waals surface area contributed by atoms with Gasteiger partial charge in [-0.3, -0.25) is 9.59 Å². The molecule has 4 nitrogen and oxygen atoms in total. The first-order valence-electron chi connectivity index (χ1n) is 10.4. The van der Waals surface area contributed by atoms with Gasteiger partial charge >= 0.3 is 11.9 Å². The highest BCUT2D eigenvalue weighted by Crippen LogP contribution is 2.25. The van der Waals surface area contributed by atoms with Gasteiger partial charge in [-0.25, -0.2) is 0 Å². The molecular formula is C24H32O4. The lowest BCUT2D eigenvalue weighted by atomic mass is 10.1. The average Bonchev–Trinajstić information content (AvgIpc) is 2.68. The Morgan fingerprint density at radius 2 is 1.39 bits per heavy atom. The fourth-order valence-electron chi connectivity index (χ4n) is 3.04. The fraction of sp³-hybridized carbons (Fsp3) is 0.500. The number of benzene rings is 2. The Bertz CT molecular complexity index is 746. The molecule has 0 aliphatic carbocycles. The number of fused-ring (bicyclic) bond motifs is 1. The molecule has 0 amide bonds. The van der Waals surface area contributed by atoms with Gasteiger partial charge in [-0.2, -0.15) is 0 Å². The Balaban J connectivity index is 1.54. The molecule has 0 radical (unpaired) electrons. The molecule has 0 spiro atoms. The number of ether oxygens (including phenoxy) is 2. The number of hydrogen-bond donors (Lipinski definition) is 0. The molecule has 2 rings (SSSR count). The minimum absolute atomic E-state index is 0.0927. The van der Waals surface area contributed by atoms with Crippen LogP contribution in [0, 0.1) is 5.92 Å². The van der Waals surface area contributed by atoms with Crippen molar-refractivity contribution in [1.29, 1.82) is 0 Å². The van der Waals surface area contributed by atoms with Gasteiger partial charge in [-0.15, -0.1) is 0 Å². The van der Waals surface area contributed by atoms with Crippen LogP contribution in [0.5, 0.6) is 5.75 Å². The van der Waals surface area contributed by atoms with Gasteiger partial charge in [0.25, 0.3) is 0 Å². The van der Waals surface area contributed by atoms with Crippen molar-refractivity contribution in [3.05, 3.63) is 42.5 Å². The molecule has 28 heavy (non-hydrogen) atoms. The van der Waals surface area contributed by atoms with Gasteiger partial charge in [-0.05, 0) is 30.2 Å². The van der Waals surface area contributed by atoms with Crippen molar-refractivity contribution in [2.75, 3.05) is 6.61 Å². The monoisotopic (exact) mass is 384 g/mol. The average molecular weight is 385 g/mol. The Morgan fingerprint density at radius 3 is 2.11 bits per heavy atom. The van der Waals surface area contributed by atoms with E-state index in [2.05, 4.69) is 0 Å². The Hall–Kier alpha value is -2.36. The van der Waals surface area contributed by atoms with Gasteiger partial charge in [0.15, 0.2) is 0 Å². The van der Waals surface area contributed by atoms with Crippen LogP contribution in [0.3, 0.4) is 0 Å². The van der Waals surface area contributed by atoms with Crippen molar-refractivity contribution < 1.29 is 19.1 Å². The van der Waals surface area contributed by atoms with Crippen molar-refractivity contribution in [2.45, 2.75) is 65.2 Å². The highest BCUT2D eigenvalue weighted by atomic mass is 16.5. The second-order valence-electron chi connectivity index (χ2n) is 7.65. The maximum Gasteiger partial charge on any atom is 0.311 e. The smallest absolute Gasteiger partial charge is 0.311 e. The maximum atomic E-state index is 12.1. The SMILES string of the molecule is CC(C)COC(=O)CCCCCCCCC(=O)Oc1cccc2ccccc12. The van der Waals surface area contributed by atoms with Crippen LogP contribution in [-0.2, 0) is 14.3 Å². The number of hydrogen-bond acceptors (Lipinski definition) is 4. The van der Waals surface area contributed by atoms with Gasteiger partial charge < -0.3 is 9.47 Å². The lowest BCUT2D eigenvalue weighted by Crippen LogP contribution is -2.09. The summed E-state index contributed by atoms with van der Waals surface area (Å²) >= 11 is 0. The molecule has 0 aliphatic rings. The lowest BCUT2D eigenvalue weighted by molar-refractivity contribution is -0.144. The third-order valence-electron chi connectivity index (χ3n) is 4.56. The van der Waals surface area contributed by atoms with Crippen LogP contribution in [0.4, 0.5) is 0 Å². The van der Waals surface area contributed by atoms with E-state index in [9.17, 15) is 9.59 Å². The zero-order chi connectivity index (χ0) is 20.2. The fourth-order valence-corrected chi connectivity index (χ4v) is 3.04. The van der Waals surface area contributed by atoms with Crippen molar-refractivity contribution in [2.24, 2.45) is 5.92 Å². The third kappa shape index (κ3) is 8.12. The first kappa shape index (κ1) is 21.9. The molecular weight excluding hydrogens is 352 g/mol. The lowest BCUT2D eigenvalue weighted by Gasteiger charge is -2.08. The summed E-state index contributed by atoms with van der Waals surface area (Å²) in [5.41, 5.74) is 0. The van der Waals surface area contributed by atoms with Gasteiger partial charge in [0.05, 0.1) is 6.61 Å². The number of unbranched alkanes of at least 4 members (excludes halogenated alkanes) is 5. The van der Waals surface area contributed by atoms with Crippen LogP contribution in [-0.4, -0.2) is 18.5 Å². The van der Waals surface area contributed by atoms with E-state index >= 15 is 0 Å². The second kappa shape index (κ2) is 12.2. The third-order valence-corrected chi connectivity index (χ3v) is 4.56. The van der Waals surface area contributed by atoms with E-state index < -0.39 is 0 Å². The minimum Gasteiger partial charge on any atom is -0.465 e. The minimum atomic E-state index is -0.177. The predicted molar refractivity (Wildman–Crippen MR) is 112 cm³/mol. The molecule has 0 fully saturated rings. The largest absolute Gasteiger partial charge is 0.465 e. The summed E-state index contributed by atoms with van der Waals surface area (Å²) in [5, 5.41) is 2.03. The van der Waals surface area contributed by atoms with Crippen molar-refractivity contribution in [1.82, 2.24) is 0 Å². The molecule has 0 atom stereocenters. The predicted octanol–water partition coefficient (Wildman–Crippen LogP) is 6.07. The summed E-state index contributed by atoms with van der Waals surface area (Å²) in [4.78, 5) is 23.6. The number of rotatable bonds is 12. The molecule has 0 heterocycles. The van der Waals surface area contributed by atoms with Gasteiger partial charge in [-0.1, -0.05) is 75.9 Å². The number of esters is 2. The van der Waals surface area contributed by atoms with E-state index in [1.807, 2.05) is 56.3 Å². The molecule has 4 heteroatoms. The first-order chi connectivity index (χ1) is 13.6. The van der Waals surface area contributed by atoms with Crippen LogP contribution in [0.15, 0.2) is 42.5 Å². The quantitative estimate of drug-likeness (QED) is 0.253. The van der Waals surface area contributed by atoms with E-state index in [1.165, 1.54) is 0 Å². The zero-order valence-electron chi connectivity index (χ0n) is 17.1.